The van der Waals surface area contributed by atoms with E-state index < -0.39 is 0 Å². The van der Waals surface area contributed by atoms with Gasteiger partial charge in [-0.2, -0.15) is 5.10 Å². The van der Waals surface area contributed by atoms with Gasteiger partial charge in [0, 0.05) is 26.2 Å². The molecule has 0 saturated carbocycles. The Morgan fingerprint density at radius 2 is 2.00 bits per heavy atom. The first-order chi connectivity index (χ1) is 10.9. The van der Waals surface area contributed by atoms with Crippen molar-refractivity contribution in [3.63, 3.8) is 0 Å². The van der Waals surface area contributed by atoms with Gasteiger partial charge in [0.15, 0.2) is 0 Å². The van der Waals surface area contributed by atoms with Gasteiger partial charge in [0.05, 0.1) is 10.0 Å². The highest BCUT2D eigenvalue weighted by atomic mass is 35.5. The average molecular weight is 354 g/mol. The number of carbonyl (C=O) groups excluding carboxylic acids is 1. The van der Waals surface area contributed by atoms with E-state index in [0.717, 1.165) is 12.0 Å². The normalized spacial score (nSPS) is 10.6. The summed E-state index contributed by atoms with van der Waals surface area (Å²) in [6.07, 6.45) is 0.762. The van der Waals surface area contributed by atoms with Crippen LogP contribution in [0.5, 0.6) is 0 Å². The van der Waals surface area contributed by atoms with Gasteiger partial charge >= 0.3 is 0 Å². The number of halogens is 2. The molecule has 0 bridgehead atoms. The number of carbonyl (C=O) groups is 1. The lowest BCUT2D eigenvalue weighted by molar-refractivity contribution is 0.0776. The van der Waals surface area contributed by atoms with Crippen molar-refractivity contribution in [1.82, 2.24) is 14.7 Å². The van der Waals surface area contributed by atoms with Crippen LogP contribution in [0.15, 0.2) is 35.1 Å². The summed E-state index contributed by atoms with van der Waals surface area (Å²) in [6, 6.07) is 8.07. The molecule has 1 aromatic carbocycles. The fourth-order valence-electron chi connectivity index (χ4n) is 2.13. The van der Waals surface area contributed by atoms with Crippen molar-refractivity contribution in [2.75, 3.05) is 7.05 Å². The minimum Gasteiger partial charge on any atom is -0.336 e. The Labute approximate surface area is 144 Å². The Kier molecular flexibility index (Phi) is 5.80. The lowest BCUT2D eigenvalue weighted by atomic mass is 10.2. The molecule has 0 aliphatic carbocycles. The van der Waals surface area contributed by atoms with Gasteiger partial charge in [-0.25, -0.2) is 4.68 Å². The molecule has 0 aliphatic heterocycles. The minimum atomic E-state index is -0.286. The second-order valence-electron chi connectivity index (χ2n) is 5.15. The predicted octanol–water partition coefficient (Wildman–Crippen LogP) is 3.23. The summed E-state index contributed by atoms with van der Waals surface area (Å²) in [4.78, 5) is 25.6. The van der Waals surface area contributed by atoms with E-state index in [1.807, 2.05) is 13.0 Å². The van der Waals surface area contributed by atoms with Crippen LogP contribution in [0.25, 0.3) is 0 Å². The molecule has 2 rings (SSSR count). The molecule has 23 heavy (non-hydrogen) atoms. The second kappa shape index (κ2) is 7.62. The number of hydrogen-bond donors (Lipinski definition) is 0. The van der Waals surface area contributed by atoms with E-state index in [2.05, 4.69) is 5.10 Å². The number of hydrogen-bond acceptors (Lipinski definition) is 3. The van der Waals surface area contributed by atoms with Crippen LogP contribution in [0.4, 0.5) is 0 Å². The highest BCUT2D eigenvalue weighted by molar-refractivity contribution is 6.42. The van der Waals surface area contributed by atoms with Gasteiger partial charge in [0.1, 0.15) is 5.69 Å². The first kappa shape index (κ1) is 17.5. The summed E-state index contributed by atoms with van der Waals surface area (Å²) in [5, 5.41) is 4.99. The topological polar surface area (TPSA) is 55.2 Å². The molecule has 0 saturated heterocycles. The third kappa shape index (κ3) is 4.12. The maximum atomic E-state index is 12.5. The van der Waals surface area contributed by atoms with E-state index >= 15 is 0 Å². The van der Waals surface area contributed by atoms with Crippen molar-refractivity contribution < 1.29 is 4.79 Å². The number of aromatic nitrogens is 2. The Bertz CT molecular complexity index is 774. The summed E-state index contributed by atoms with van der Waals surface area (Å²) < 4.78 is 1.30. The Morgan fingerprint density at radius 3 is 2.70 bits per heavy atom. The van der Waals surface area contributed by atoms with Crippen LogP contribution in [0.1, 0.15) is 29.4 Å². The van der Waals surface area contributed by atoms with Crippen LogP contribution in [-0.4, -0.2) is 27.6 Å². The smallest absolute Gasteiger partial charge is 0.274 e. The first-order valence-corrected chi connectivity index (χ1v) is 7.96. The minimum absolute atomic E-state index is 0.219. The quantitative estimate of drug-likeness (QED) is 0.828. The van der Waals surface area contributed by atoms with Crippen LogP contribution in [0.3, 0.4) is 0 Å². The molecule has 0 unspecified atom stereocenters. The van der Waals surface area contributed by atoms with E-state index in [9.17, 15) is 9.59 Å². The lowest BCUT2D eigenvalue weighted by Crippen LogP contribution is -2.31. The van der Waals surface area contributed by atoms with E-state index in [4.69, 9.17) is 23.2 Å². The molecule has 0 fully saturated rings. The molecule has 7 heteroatoms. The Hall–Kier alpha value is -1.85. The maximum absolute atomic E-state index is 12.5. The number of rotatable bonds is 5. The van der Waals surface area contributed by atoms with E-state index in [1.165, 1.54) is 21.7 Å². The third-order valence-electron chi connectivity index (χ3n) is 3.31. The van der Waals surface area contributed by atoms with Crippen molar-refractivity contribution in [3.8, 4) is 0 Å². The lowest BCUT2D eigenvalue weighted by Gasteiger charge is -2.18. The molecule has 0 aliphatic rings. The predicted molar refractivity (Wildman–Crippen MR) is 91.0 cm³/mol. The van der Waals surface area contributed by atoms with E-state index in [1.54, 1.807) is 19.2 Å². The summed E-state index contributed by atoms with van der Waals surface area (Å²) in [6.45, 7) is 2.71. The van der Waals surface area contributed by atoms with Crippen LogP contribution in [0.2, 0.25) is 10.0 Å². The summed E-state index contributed by atoms with van der Waals surface area (Å²) >= 11 is 12.1. The zero-order valence-corrected chi connectivity index (χ0v) is 14.4. The van der Waals surface area contributed by atoms with Crippen LogP contribution < -0.4 is 5.56 Å². The molecule has 1 amide bonds. The van der Waals surface area contributed by atoms with Crippen LogP contribution in [-0.2, 0) is 13.1 Å². The van der Waals surface area contributed by atoms with Gasteiger partial charge < -0.3 is 4.90 Å². The fraction of sp³-hybridized carbons (Fsp3) is 0.312. The summed E-state index contributed by atoms with van der Waals surface area (Å²) in [7, 11) is 1.65. The molecular weight excluding hydrogens is 337 g/mol. The van der Waals surface area contributed by atoms with Gasteiger partial charge in [-0.05, 0) is 24.1 Å². The zero-order valence-electron chi connectivity index (χ0n) is 12.9. The molecule has 1 aromatic heterocycles. The molecule has 0 N–H and O–H groups in total. The molecule has 0 spiro atoms. The molecule has 1 heterocycles. The van der Waals surface area contributed by atoms with Crippen molar-refractivity contribution >= 4 is 29.1 Å². The summed E-state index contributed by atoms with van der Waals surface area (Å²) in [5.74, 6) is -0.286. The zero-order chi connectivity index (χ0) is 17.0. The summed E-state index contributed by atoms with van der Waals surface area (Å²) in [5.41, 5.74) is 0.750. The molecular formula is C16H17Cl2N3O2. The average Bonchev–Trinajstić information content (AvgIpc) is 2.53. The highest BCUT2D eigenvalue weighted by Gasteiger charge is 2.16. The van der Waals surface area contributed by atoms with Crippen LogP contribution >= 0.6 is 23.2 Å². The molecule has 2 aromatic rings. The van der Waals surface area contributed by atoms with Crippen molar-refractivity contribution in [3.05, 3.63) is 62.0 Å². The number of nitrogens with zero attached hydrogens (tertiary/aromatic N) is 3. The molecule has 0 radical (unpaired) electrons. The highest BCUT2D eigenvalue weighted by Crippen LogP contribution is 2.26. The van der Waals surface area contributed by atoms with Gasteiger partial charge in [0.25, 0.3) is 11.5 Å². The number of benzene rings is 1. The van der Waals surface area contributed by atoms with Crippen molar-refractivity contribution in [2.24, 2.45) is 0 Å². The van der Waals surface area contributed by atoms with Gasteiger partial charge in [-0.15, -0.1) is 0 Å². The van der Waals surface area contributed by atoms with Crippen molar-refractivity contribution in [1.29, 1.82) is 0 Å². The van der Waals surface area contributed by atoms with Gasteiger partial charge in [-0.1, -0.05) is 42.3 Å². The van der Waals surface area contributed by atoms with Gasteiger partial charge in [-0.3, -0.25) is 9.59 Å². The fourth-order valence-corrected chi connectivity index (χ4v) is 2.51. The SMILES string of the molecule is CCCn1nc(C(=O)N(C)Cc2cccc(Cl)c2Cl)ccc1=O. The Morgan fingerprint density at radius 1 is 1.26 bits per heavy atom. The first-order valence-electron chi connectivity index (χ1n) is 7.20. The van der Waals surface area contributed by atoms with Gasteiger partial charge in [0.2, 0.25) is 0 Å². The van der Waals surface area contributed by atoms with E-state index in [-0.39, 0.29) is 17.2 Å². The third-order valence-corrected chi connectivity index (χ3v) is 4.16. The largest absolute Gasteiger partial charge is 0.336 e. The standard InChI is InChI=1S/C16H17Cl2N3O2/c1-3-9-21-14(22)8-7-13(19-21)16(23)20(2)10-11-5-4-6-12(17)15(11)18/h4-8H,3,9-10H2,1-2H3. The van der Waals surface area contributed by atoms with E-state index in [0.29, 0.717) is 23.1 Å². The molecule has 5 nitrogen and oxygen atoms in total. The molecule has 0 atom stereocenters. The number of aryl methyl sites for hydroxylation is 1. The number of amides is 1. The monoisotopic (exact) mass is 353 g/mol. The second-order valence-corrected chi connectivity index (χ2v) is 5.94. The Balaban J connectivity index is 2.21. The van der Waals surface area contributed by atoms with Crippen LogP contribution in [0, 0.1) is 0 Å². The maximum Gasteiger partial charge on any atom is 0.274 e. The molecule has 122 valence electrons. The van der Waals surface area contributed by atoms with Crippen molar-refractivity contribution in [2.45, 2.75) is 26.4 Å².